The van der Waals surface area contributed by atoms with E-state index in [1.54, 1.807) is 0 Å². The maximum atomic E-state index is 13.4. The van der Waals surface area contributed by atoms with Crippen molar-refractivity contribution in [3.05, 3.63) is 82.7 Å². The lowest BCUT2D eigenvalue weighted by Crippen LogP contribution is -2.62. The van der Waals surface area contributed by atoms with E-state index >= 15 is 0 Å². The van der Waals surface area contributed by atoms with Gasteiger partial charge in [-0.15, -0.1) is 0 Å². The highest BCUT2D eigenvalue weighted by molar-refractivity contribution is 6.02. The summed E-state index contributed by atoms with van der Waals surface area (Å²) in [7, 11) is 0. The Kier molecular flexibility index (Phi) is 4.96. The number of hydrogen-bond donors (Lipinski definition) is 2. The number of aromatic nitrogens is 2. The molecular weight excluding hydrogens is 402 g/mol. The molecular formula is C25H27N5O2. The molecule has 0 bridgehead atoms. The first-order valence-electron chi connectivity index (χ1n) is 11.0. The third-order valence-corrected chi connectivity index (χ3v) is 6.57. The minimum absolute atomic E-state index is 0.0108. The molecule has 1 aromatic heterocycles. The summed E-state index contributed by atoms with van der Waals surface area (Å²) in [5, 5.41) is 11.3. The van der Waals surface area contributed by atoms with Crippen LogP contribution in [-0.4, -0.2) is 45.2 Å². The second-order valence-corrected chi connectivity index (χ2v) is 8.69. The number of carbonyl (C=O) groups excluding carboxylic acids is 2. The molecule has 2 amide bonds. The highest BCUT2D eigenvalue weighted by Gasteiger charge is 2.41. The van der Waals surface area contributed by atoms with Gasteiger partial charge in [-0.25, -0.2) is 0 Å². The first-order chi connectivity index (χ1) is 15.5. The van der Waals surface area contributed by atoms with Gasteiger partial charge in [0.2, 0.25) is 0 Å². The van der Waals surface area contributed by atoms with E-state index in [1.807, 2.05) is 65.9 Å². The number of aryl methyl sites for hydroxylation is 1. The number of carbonyl (C=O) groups is 2. The number of para-hydroxylation sites is 1. The van der Waals surface area contributed by atoms with Gasteiger partial charge in [0.25, 0.3) is 11.8 Å². The van der Waals surface area contributed by atoms with Crippen molar-refractivity contribution < 1.29 is 9.59 Å². The van der Waals surface area contributed by atoms with E-state index in [2.05, 4.69) is 27.9 Å². The molecule has 32 heavy (non-hydrogen) atoms. The lowest BCUT2D eigenvalue weighted by atomic mass is 9.92. The molecule has 1 fully saturated rings. The zero-order valence-corrected chi connectivity index (χ0v) is 18.4. The van der Waals surface area contributed by atoms with Gasteiger partial charge in [0.05, 0.1) is 23.4 Å². The maximum Gasteiger partial charge on any atom is 0.257 e. The molecule has 3 heterocycles. The van der Waals surface area contributed by atoms with Gasteiger partial charge in [-0.1, -0.05) is 42.5 Å². The van der Waals surface area contributed by atoms with E-state index in [4.69, 9.17) is 0 Å². The van der Waals surface area contributed by atoms with Gasteiger partial charge in [0, 0.05) is 37.3 Å². The second-order valence-electron chi connectivity index (χ2n) is 8.69. The van der Waals surface area contributed by atoms with Crippen LogP contribution in [0.25, 0.3) is 0 Å². The summed E-state index contributed by atoms with van der Waals surface area (Å²) in [5.74, 6) is -0.0512. The average Bonchev–Trinajstić information content (AvgIpc) is 3.07. The van der Waals surface area contributed by atoms with Crippen molar-refractivity contribution in [1.29, 1.82) is 0 Å². The summed E-state index contributed by atoms with van der Waals surface area (Å²) in [4.78, 5) is 27.9. The van der Waals surface area contributed by atoms with Crippen molar-refractivity contribution in [3.8, 4) is 0 Å². The number of benzene rings is 2. The van der Waals surface area contributed by atoms with Crippen LogP contribution in [0.2, 0.25) is 0 Å². The normalized spacial score (nSPS) is 16.9. The van der Waals surface area contributed by atoms with E-state index in [9.17, 15) is 9.59 Å². The summed E-state index contributed by atoms with van der Waals surface area (Å²) in [6, 6.07) is 17.7. The molecule has 1 saturated heterocycles. The Morgan fingerprint density at radius 2 is 1.69 bits per heavy atom. The topological polar surface area (TPSA) is 79.3 Å². The monoisotopic (exact) mass is 429 g/mol. The van der Waals surface area contributed by atoms with E-state index in [0.717, 1.165) is 22.6 Å². The lowest BCUT2D eigenvalue weighted by Gasteiger charge is -2.45. The molecule has 2 N–H and O–H groups in total. The molecule has 2 aliphatic rings. The first-order valence-corrected chi connectivity index (χ1v) is 11.0. The summed E-state index contributed by atoms with van der Waals surface area (Å²) >= 11 is 0. The number of amides is 2. The molecule has 7 nitrogen and oxygen atoms in total. The van der Waals surface area contributed by atoms with Crippen LogP contribution < -0.4 is 10.6 Å². The fourth-order valence-electron chi connectivity index (χ4n) is 4.78. The van der Waals surface area contributed by atoms with E-state index in [0.29, 0.717) is 43.6 Å². The number of hydrogen-bond acceptors (Lipinski definition) is 4. The number of piperidine rings is 1. The van der Waals surface area contributed by atoms with Crippen LogP contribution in [0.1, 0.15) is 50.5 Å². The van der Waals surface area contributed by atoms with Gasteiger partial charge in [0.1, 0.15) is 5.66 Å². The zero-order valence-electron chi connectivity index (χ0n) is 18.4. The summed E-state index contributed by atoms with van der Waals surface area (Å²) < 4.78 is 1.91. The van der Waals surface area contributed by atoms with E-state index < -0.39 is 5.66 Å². The van der Waals surface area contributed by atoms with Crippen LogP contribution in [0.5, 0.6) is 0 Å². The lowest BCUT2D eigenvalue weighted by molar-refractivity contribution is 0.0638. The summed E-state index contributed by atoms with van der Waals surface area (Å²) in [6.45, 7) is 5.63. The van der Waals surface area contributed by atoms with Crippen LogP contribution in [0.4, 0.5) is 5.69 Å². The Bertz CT molecular complexity index is 1180. The molecule has 0 saturated carbocycles. The number of anilines is 1. The molecule has 0 atom stereocenters. The Morgan fingerprint density at radius 1 is 1.00 bits per heavy atom. The largest absolute Gasteiger partial charge is 0.362 e. The number of rotatable bonds is 3. The minimum atomic E-state index is -0.510. The molecule has 0 radical (unpaired) electrons. The van der Waals surface area contributed by atoms with Gasteiger partial charge in [-0.3, -0.25) is 14.3 Å². The fourth-order valence-corrected chi connectivity index (χ4v) is 4.78. The Labute approximate surface area is 187 Å². The number of nitrogens with one attached hydrogen (secondary N) is 2. The van der Waals surface area contributed by atoms with Crippen molar-refractivity contribution in [2.75, 3.05) is 18.4 Å². The first kappa shape index (κ1) is 20.3. The number of likely N-dealkylation sites (tertiary alicyclic amines) is 1. The van der Waals surface area contributed by atoms with Crippen LogP contribution in [0, 0.1) is 13.8 Å². The zero-order chi connectivity index (χ0) is 22.3. The van der Waals surface area contributed by atoms with Crippen LogP contribution in [0.15, 0.2) is 54.6 Å². The molecule has 0 aliphatic carbocycles. The Morgan fingerprint density at radius 3 is 2.44 bits per heavy atom. The van der Waals surface area contributed by atoms with E-state index in [1.165, 1.54) is 0 Å². The molecule has 164 valence electrons. The van der Waals surface area contributed by atoms with Gasteiger partial charge in [-0.2, -0.15) is 5.10 Å². The van der Waals surface area contributed by atoms with Gasteiger partial charge in [-0.05, 0) is 31.5 Å². The standard InChI is InChI=1S/C25H27N5O2/c1-17-22(18(2)30(28-17)16-19-8-4-3-5-9-19)24(32)29-14-12-25(13-15-29)26-21-11-7-6-10-20(21)23(31)27-25/h3-11,26H,12-16H2,1-2H3,(H,27,31). The predicted octanol–water partition coefficient (Wildman–Crippen LogP) is 3.34. The summed E-state index contributed by atoms with van der Waals surface area (Å²) in [6.07, 6.45) is 1.30. The molecule has 3 aromatic rings. The third kappa shape index (κ3) is 3.53. The highest BCUT2D eigenvalue weighted by atomic mass is 16.2. The van der Waals surface area contributed by atoms with Crippen molar-refractivity contribution in [2.45, 2.75) is 38.9 Å². The Balaban J connectivity index is 1.31. The van der Waals surface area contributed by atoms with Crippen LogP contribution >= 0.6 is 0 Å². The Hall–Kier alpha value is -3.61. The van der Waals surface area contributed by atoms with Gasteiger partial charge < -0.3 is 15.5 Å². The minimum Gasteiger partial charge on any atom is -0.362 e. The smallest absolute Gasteiger partial charge is 0.257 e. The molecule has 2 aliphatic heterocycles. The summed E-state index contributed by atoms with van der Waals surface area (Å²) in [5.41, 5.74) is 4.47. The fraction of sp³-hybridized carbons (Fsp3) is 0.320. The van der Waals surface area contributed by atoms with Crippen LogP contribution in [0.3, 0.4) is 0 Å². The number of fused-ring (bicyclic) bond motifs is 1. The maximum absolute atomic E-state index is 13.4. The second kappa shape index (κ2) is 7.82. The predicted molar refractivity (Wildman–Crippen MR) is 123 cm³/mol. The number of nitrogens with zero attached hydrogens (tertiary/aromatic N) is 3. The van der Waals surface area contributed by atoms with E-state index in [-0.39, 0.29) is 11.8 Å². The van der Waals surface area contributed by atoms with Crippen LogP contribution in [-0.2, 0) is 6.54 Å². The van der Waals surface area contributed by atoms with Crippen molar-refractivity contribution in [3.63, 3.8) is 0 Å². The average molecular weight is 430 g/mol. The van der Waals surface area contributed by atoms with Crippen molar-refractivity contribution >= 4 is 17.5 Å². The van der Waals surface area contributed by atoms with Crippen molar-refractivity contribution in [1.82, 2.24) is 20.0 Å². The van der Waals surface area contributed by atoms with Gasteiger partial charge >= 0.3 is 0 Å². The molecule has 2 aromatic carbocycles. The highest BCUT2D eigenvalue weighted by Crippen LogP contribution is 2.32. The molecule has 5 rings (SSSR count). The van der Waals surface area contributed by atoms with Gasteiger partial charge in [0.15, 0.2) is 0 Å². The molecule has 1 spiro atoms. The quantitative estimate of drug-likeness (QED) is 0.669. The SMILES string of the molecule is Cc1nn(Cc2ccccc2)c(C)c1C(=O)N1CCC2(CC1)NC(=O)c1ccccc1N2. The molecule has 7 heteroatoms. The molecule has 0 unspecified atom stereocenters. The van der Waals surface area contributed by atoms with Crippen molar-refractivity contribution in [2.24, 2.45) is 0 Å². The third-order valence-electron chi connectivity index (χ3n) is 6.57.